The number of nitrogens with one attached hydrogen (secondary N) is 4. The molecule has 3 atom stereocenters. The fourth-order valence-electron chi connectivity index (χ4n) is 7.99. The van der Waals surface area contributed by atoms with Crippen LogP contribution < -0.4 is 5.32 Å². The van der Waals surface area contributed by atoms with Gasteiger partial charge in [-0.2, -0.15) is 0 Å². The smallest absolute Gasteiger partial charge is 0.321 e. The number of carbonyl (C=O) groups excluding carboxylic acids is 3. The molecule has 1 aliphatic carbocycles. The molecule has 3 aromatic heterocycles. The number of ether oxygens (including phenoxy) is 2. The first kappa shape index (κ1) is 30.7. The molecule has 238 valence electrons. The zero-order valence-corrected chi connectivity index (χ0v) is 27.6. The van der Waals surface area contributed by atoms with Crippen molar-refractivity contribution in [1.29, 1.82) is 0 Å². The second-order valence-corrected chi connectivity index (χ2v) is 12.7. The first-order valence-corrected chi connectivity index (χ1v) is 16.1. The van der Waals surface area contributed by atoms with E-state index < -0.39 is 11.9 Å². The zero-order valence-electron chi connectivity index (χ0n) is 27.6. The van der Waals surface area contributed by atoms with Gasteiger partial charge in [0.15, 0.2) is 5.78 Å². The van der Waals surface area contributed by atoms with Crippen molar-refractivity contribution >= 4 is 29.4 Å². The highest BCUT2D eigenvalue weighted by atomic mass is 16.5. The largest absolute Gasteiger partial charge is 0.469 e. The number of aromatic amines is 3. The molecule has 6 rings (SSSR count). The SMILES string of the molecule is CCc1c2[nH]c(c1C)/C=C1\N/C(=C3\c4[nH]c(c(C)c4C(=O)[C@@H]3C(=O)OC)Cc3[nH]c(c(C)c3CC)C2)[C@@H](CCC(=O)OC)[C@@H]1C. The summed E-state index contributed by atoms with van der Waals surface area (Å²) in [5, 5.41) is 3.67. The summed E-state index contributed by atoms with van der Waals surface area (Å²) in [5.41, 5.74) is 15.0. The molecule has 5 heterocycles. The summed E-state index contributed by atoms with van der Waals surface area (Å²) < 4.78 is 10.2. The normalized spacial score (nSPS) is 23.2. The number of hydrogen-bond donors (Lipinski definition) is 4. The van der Waals surface area contributed by atoms with Gasteiger partial charge in [0.05, 0.1) is 19.9 Å². The molecule has 1 fully saturated rings. The van der Waals surface area contributed by atoms with Crippen molar-refractivity contribution in [3.05, 3.63) is 78.9 Å². The van der Waals surface area contributed by atoms with Crippen molar-refractivity contribution in [2.24, 2.45) is 17.8 Å². The first-order chi connectivity index (χ1) is 21.5. The van der Waals surface area contributed by atoms with E-state index in [1.54, 1.807) is 0 Å². The molecular formula is C36H44N4O5. The number of methoxy groups -OCH3 is 2. The Hall–Kier alpha value is -4.27. The van der Waals surface area contributed by atoms with E-state index in [1.807, 2.05) is 6.92 Å². The van der Waals surface area contributed by atoms with E-state index in [0.29, 0.717) is 29.7 Å². The number of esters is 2. The van der Waals surface area contributed by atoms with Gasteiger partial charge in [-0.05, 0) is 73.9 Å². The van der Waals surface area contributed by atoms with Gasteiger partial charge in [0.2, 0.25) is 0 Å². The molecular weight excluding hydrogens is 568 g/mol. The molecule has 0 radical (unpaired) electrons. The first-order valence-electron chi connectivity index (χ1n) is 16.1. The van der Waals surface area contributed by atoms with Crippen molar-refractivity contribution in [3.63, 3.8) is 0 Å². The summed E-state index contributed by atoms with van der Waals surface area (Å²) in [6, 6.07) is 0. The average molecular weight is 613 g/mol. The minimum atomic E-state index is -1.09. The van der Waals surface area contributed by atoms with E-state index in [-0.39, 0.29) is 30.0 Å². The third-order valence-corrected chi connectivity index (χ3v) is 10.6. The number of aromatic nitrogens is 3. The third kappa shape index (κ3) is 4.78. The molecule has 0 aromatic carbocycles. The lowest BCUT2D eigenvalue weighted by molar-refractivity contribution is -0.142. The number of allylic oxidation sites excluding steroid dienone is 2. The monoisotopic (exact) mass is 612 g/mol. The molecule has 9 nitrogen and oxygen atoms in total. The standard InChI is InChI=1S/C36H44N4O5/c1-9-20-16(3)23-13-25-18(5)22(11-12-29(41)44-7)33(39-25)31-32(36(43)45-8)35(42)30-19(6)26(40-34(30)31)15-28-21(10-2)17(4)24(38-28)14-27(20)37-23/h13,18,22,32,37-40H,9-12,14-15H2,1-8H3/b25-13-,33-31-/t18-,22-,32+/m0/s1. The fraction of sp³-hybridized carbons (Fsp3) is 0.472. The molecule has 3 aromatic rings. The maximum absolute atomic E-state index is 14.1. The Kier molecular flexibility index (Phi) is 7.91. The number of carbonyl (C=O) groups is 3. The molecule has 0 amide bonds. The Morgan fingerprint density at radius 3 is 2.16 bits per heavy atom. The van der Waals surface area contributed by atoms with Gasteiger partial charge < -0.3 is 29.7 Å². The van der Waals surface area contributed by atoms with Crippen molar-refractivity contribution in [1.82, 2.24) is 20.3 Å². The van der Waals surface area contributed by atoms with Crippen LogP contribution in [0.25, 0.3) is 11.6 Å². The number of H-pyrrole nitrogens is 3. The van der Waals surface area contributed by atoms with E-state index >= 15 is 0 Å². The minimum Gasteiger partial charge on any atom is -0.469 e. The Labute approximate surface area is 264 Å². The second-order valence-electron chi connectivity index (χ2n) is 12.7. The van der Waals surface area contributed by atoms with Crippen LogP contribution >= 0.6 is 0 Å². The predicted octanol–water partition coefficient (Wildman–Crippen LogP) is 5.76. The molecule has 2 aliphatic heterocycles. The maximum atomic E-state index is 14.1. The van der Waals surface area contributed by atoms with Crippen LogP contribution in [0.5, 0.6) is 0 Å². The summed E-state index contributed by atoms with van der Waals surface area (Å²) >= 11 is 0. The summed E-state index contributed by atoms with van der Waals surface area (Å²) in [6.45, 7) is 12.8. The fourth-order valence-corrected chi connectivity index (χ4v) is 7.99. The summed E-state index contributed by atoms with van der Waals surface area (Å²) in [6.07, 6.45) is 6.05. The van der Waals surface area contributed by atoms with Crippen LogP contribution in [-0.4, -0.2) is 46.9 Å². The number of ketones is 1. The second kappa shape index (κ2) is 11.6. The highest BCUT2D eigenvalue weighted by molar-refractivity contribution is 6.24. The van der Waals surface area contributed by atoms with Crippen LogP contribution in [0.15, 0.2) is 11.4 Å². The number of rotatable bonds is 6. The summed E-state index contributed by atoms with van der Waals surface area (Å²) in [4.78, 5) is 50.9. The number of Topliss-reactive ketones (excluding diaryl/α,β-unsaturated/α-hetero) is 1. The van der Waals surface area contributed by atoms with Crippen LogP contribution in [0.2, 0.25) is 0 Å². The molecule has 1 saturated heterocycles. The van der Waals surface area contributed by atoms with Crippen LogP contribution in [0.4, 0.5) is 0 Å². The van der Waals surface area contributed by atoms with Gasteiger partial charge in [-0.15, -0.1) is 0 Å². The molecule has 4 N–H and O–H groups in total. The maximum Gasteiger partial charge on any atom is 0.321 e. The van der Waals surface area contributed by atoms with Crippen molar-refractivity contribution < 1.29 is 23.9 Å². The van der Waals surface area contributed by atoms with Gasteiger partial charge in [-0.25, -0.2) is 0 Å². The number of hydrogen-bond acceptors (Lipinski definition) is 6. The molecule has 0 spiro atoms. The van der Waals surface area contributed by atoms with Crippen LogP contribution in [-0.2, 0) is 44.7 Å². The molecule has 45 heavy (non-hydrogen) atoms. The summed E-state index contributed by atoms with van der Waals surface area (Å²) in [7, 11) is 2.71. The molecule has 0 saturated carbocycles. The van der Waals surface area contributed by atoms with E-state index in [2.05, 4.69) is 61.0 Å². The zero-order chi connectivity index (χ0) is 32.3. The topological polar surface area (TPSA) is 129 Å². The van der Waals surface area contributed by atoms with Crippen molar-refractivity contribution in [3.8, 4) is 0 Å². The van der Waals surface area contributed by atoms with Gasteiger partial charge in [-0.1, -0.05) is 20.8 Å². The Morgan fingerprint density at radius 2 is 1.51 bits per heavy atom. The summed E-state index contributed by atoms with van der Waals surface area (Å²) in [5.74, 6) is -2.39. The van der Waals surface area contributed by atoms with Gasteiger partial charge in [0, 0.05) is 82.1 Å². The lowest BCUT2D eigenvalue weighted by Crippen LogP contribution is -2.25. The van der Waals surface area contributed by atoms with Gasteiger partial charge in [0.25, 0.3) is 0 Å². The average Bonchev–Trinajstić information content (AvgIpc) is 3.76. The van der Waals surface area contributed by atoms with Gasteiger partial charge >= 0.3 is 11.9 Å². The minimum absolute atomic E-state index is 0.0167. The Balaban J connectivity index is 1.64. The Bertz CT molecular complexity index is 1790. The van der Waals surface area contributed by atoms with Crippen molar-refractivity contribution in [2.45, 2.75) is 80.1 Å². The highest BCUT2D eigenvalue weighted by Gasteiger charge is 2.48. The molecule has 3 aliphatic rings. The third-order valence-electron chi connectivity index (χ3n) is 10.6. The van der Waals surface area contributed by atoms with E-state index in [4.69, 9.17) is 9.47 Å². The van der Waals surface area contributed by atoms with Gasteiger partial charge in [0.1, 0.15) is 5.92 Å². The van der Waals surface area contributed by atoms with Crippen molar-refractivity contribution in [2.75, 3.05) is 14.2 Å². The van der Waals surface area contributed by atoms with E-state index in [1.165, 1.54) is 47.9 Å². The number of fused-ring (bicyclic) bond motifs is 7. The molecule has 9 heteroatoms. The molecule has 8 bridgehead atoms. The highest BCUT2D eigenvalue weighted by Crippen LogP contribution is 2.48. The van der Waals surface area contributed by atoms with Gasteiger partial charge in [-0.3, -0.25) is 14.4 Å². The lowest BCUT2D eigenvalue weighted by Gasteiger charge is -2.19. The van der Waals surface area contributed by atoms with Crippen LogP contribution in [0.3, 0.4) is 0 Å². The predicted molar refractivity (Wildman–Crippen MR) is 173 cm³/mol. The Morgan fingerprint density at radius 1 is 0.867 bits per heavy atom. The van der Waals surface area contributed by atoms with E-state index in [0.717, 1.165) is 53.3 Å². The quantitative estimate of drug-likeness (QED) is 0.207. The van der Waals surface area contributed by atoms with E-state index in [9.17, 15) is 14.4 Å². The lowest BCUT2D eigenvalue weighted by atomic mass is 9.85. The van der Waals surface area contributed by atoms with Crippen LogP contribution in [0, 0.1) is 38.5 Å². The van der Waals surface area contributed by atoms with Crippen LogP contribution in [0.1, 0.15) is 106 Å². The molecule has 0 unspecified atom stereocenters.